The minimum Gasteiger partial charge on any atom is -0.481 e. The minimum absolute atomic E-state index is 0.0175. The third-order valence-electron chi connectivity index (χ3n) is 6.81. The molecule has 1 rings (SSSR count). The normalized spacial score (nSPS) is 20.2. The number of carboxylic acids is 2. The third-order valence-corrected chi connectivity index (χ3v) is 6.81. The van der Waals surface area contributed by atoms with E-state index in [1.165, 1.54) is 17.2 Å². The lowest BCUT2D eigenvalue weighted by atomic mass is 9.65. The highest BCUT2D eigenvalue weighted by molar-refractivity contribution is 5.71. The molecule has 0 amide bonds. The van der Waals surface area contributed by atoms with Gasteiger partial charge in [-0.1, -0.05) is 74.6 Å². The Morgan fingerprint density at radius 2 is 1.68 bits per heavy atom. The van der Waals surface area contributed by atoms with E-state index in [2.05, 4.69) is 32.9 Å². The lowest BCUT2D eigenvalue weighted by Crippen LogP contribution is -2.32. The van der Waals surface area contributed by atoms with E-state index in [1.54, 1.807) is 0 Å². The fourth-order valence-electron chi connectivity index (χ4n) is 4.74. The molecule has 188 valence electrons. The molecule has 0 fully saturated rings. The summed E-state index contributed by atoms with van der Waals surface area (Å²) in [6.07, 6.45) is 18.0. The molecule has 2 unspecified atom stereocenters. The molecule has 0 saturated heterocycles. The van der Waals surface area contributed by atoms with Crippen LogP contribution in [0.25, 0.3) is 0 Å². The molecule has 0 aliphatic heterocycles. The summed E-state index contributed by atoms with van der Waals surface area (Å²) in [7, 11) is 0. The number of aldehydes is 1. The summed E-state index contributed by atoms with van der Waals surface area (Å²) in [5.74, 6) is -1.91. The molecule has 0 aromatic rings. The van der Waals surface area contributed by atoms with E-state index in [0.717, 1.165) is 49.5 Å². The molecule has 1 aliphatic carbocycles. The second-order valence-electron chi connectivity index (χ2n) is 10.1. The molecule has 0 aromatic carbocycles. The molecule has 2 atom stereocenters. The first-order valence-electron chi connectivity index (χ1n) is 12.3. The van der Waals surface area contributed by atoms with Crippen LogP contribution in [0.4, 0.5) is 0 Å². The van der Waals surface area contributed by atoms with Crippen LogP contribution in [0.1, 0.15) is 86.0 Å². The average Bonchev–Trinajstić information content (AvgIpc) is 2.73. The first-order chi connectivity index (χ1) is 16.0. The van der Waals surface area contributed by atoms with Gasteiger partial charge in [-0.05, 0) is 75.0 Å². The molecule has 0 heterocycles. The van der Waals surface area contributed by atoms with Crippen molar-refractivity contribution in [3.05, 3.63) is 58.7 Å². The van der Waals surface area contributed by atoms with Crippen molar-refractivity contribution in [2.75, 3.05) is 0 Å². The van der Waals surface area contributed by atoms with Crippen LogP contribution in [-0.2, 0) is 14.4 Å². The second kappa shape index (κ2) is 14.5. The number of rotatable bonds is 14. The van der Waals surface area contributed by atoms with Gasteiger partial charge in [-0.3, -0.25) is 14.4 Å². The number of carboxylic acid groups (broad SMARTS) is 2. The molecule has 34 heavy (non-hydrogen) atoms. The van der Waals surface area contributed by atoms with E-state index in [1.807, 2.05) is 32.1 Å². The maximum absolute atomic E-state index is 12.1. The maximum atomic E-state index is 12.1. The van der Waals surface area contributed by atoms with Gasteiger partial charge in [0, 0.05) is 6.42 Å². The van der Waals surface area contributed by atoms with E-state index in [0.29, 0.717) is 12.8 Å². The van der Waals surface area contributed by atoms with Crippen molar-refractivity contribution in [3.63, 3.8) is 0 Å². The molecule has 0 radical (unpaired) electrons. The predicted octanol–water partition coefficient (Wildman–Crippen LogP) is 7.07. The number of allylic oxidation sites excluding steroid dienone is 10. The van der Waals surface area contributed by atoms with E-state index in [4.69, 9.17) is 5.11 Å². The standard InChI is InChI=1S/C29H42O5/c1-21(11-10-12-22(2)18-20-30)15-16-26-23(3)24(17-19-29(26,4)5)25(28(33)34)13-8-6-7-9-14-27(31)32/h10-12,15-16,18,20,24-25H,6-9,13-14,17,19H2,1-5H3,(H,31,32)(H,33,34). The molecule has 0 aromatic heterocycles. The lowest BCUT2D eigenvalue weighted by molar-refractivity contribution is -0.144. The zero-order valence-corrected chi connectivity index (χ0v) is 21.5. The van der Waals surface area contributed by atoms with Crippen molar-refractivity contribution in [3.8, 4) is 0 Å². The van der Waals surface area contributed by atoms with Crippen molar-refractivity contribution >= 4 is 18.2 Å². The SMILES string of the molecule is CC(C=CC=C(C)C=CC1=C(C)C(C(CCCCCCC(=O)O)C(=O)O)CCC1(C)C)=CC=O. The molecule has 2 N–H and O–H groups in total. The molecular weight excluding hydrogens is 428 g/mol. The number of aliphatic carboxylic acids is 2. The van der Waals surface area contributed by atoms with Crippen LogP contribution in [0.2, 0.25) is 0 Å². The first kappa shape index (κ1) is 29.3. The topological polar surface area (TPSA) is 91.7 Å². The Hall–Kier alpha value is -2.69. The monoisotopic (exact) mass is 470 g/mol. The first-order valence-corrected chi connectivity index (χ1v) is 12.3. The van der Waals surface area contributed by atoms with Crippen LogP contribution in [0.15, 0.2) is 58.7 Å². The Labute approximate surface area is 205 Å². The number of hydrogen-bond acceptors (Lipinski definition) is 3. The Morgan fingerprint density at radius 3 is 2.29 bits per heavy atom. The van der Waals surface area contributed by atoms with Gasteiger partial charge in [-0.15, -0.1) is 0 Å². The Morgan fingerprint density at radius 1 is 1.03 bits per heavy atom. The van der Waals surface area contributed by atoms with Crippen LogP contribution < -0.4 is 0 Å². The summed E-state index contributed by atoms with van der Waals surface area (Å²) in [4.78, 5) is 33.3. The van der Waals surface area contributed by atoms with Crippen molar-refractivity contribution in [1.82, 2.24) is 0 Å². The summed E-state index contributed by atoms with van der Waals surface area (Å²) in [5, 5.41) is 18.7. The Kier molecular flexibility index (Phi) is 12.6. The van der Waals surface area contributed by atoms with Gasteiger partial charge < -0.3 is 10.2 Å². The van der Waals surface area contributed by atoms with E-state index < -0.39 is 17.9 Å². The van der Waals surface area contributed by atoms with Gasteiger partial charge in [-0.2, -0.15) is 0 Å². The van der Waals surface area contributed by atoms with E-state index in [-0.39, 0.29) is 17.8 Å². The van der Waals surface area contributed by atoms with Crippen LogP contribution in [0, 0.1) is 17.3 Å². The van der Waals surface area contributed by atoms with E-state index >= 15 is 0 Å². The summed E-state index contributed by atoms with van der Waals surface area (Å²) in [6.45, 7) is 10.4. The molecule has 1 aliphatic rings. The Bertz CT molecular complexity index is 867. The minimum atomic E-state index is -0.777. The highest BCUT2D eigenvalue weighted by atomic mass is 16.4. The van der Waals surface area contributed by atoms with Crippen molar-refractivity contribution in [1.29, 1.82) is 0 Å². The highest BCUT2D eigenvalue weighted by Gasteiger charge is 2.37. The van der Waals surface area contributed by atoms with Gasteiger partial charge in [-0.25, -0.2) is 0 Å². The van der Waals surface area contributed by atoms with E-state index in [9.17, 15) is 19.5 Å². The van der Waals surface area contributed by atoms with Crippen LogP contribution in [-0.4, -0.2) is 28.4 Å². The molecule has 0 spiro atoms. The van der Waals surface area contributed by atoms with Gasteiger partial charge in [0.1, 0.15) is 6.29 Å². The second-order valence-corrected chi connectivity index (χ2v) is 10.1. The summed E-state index contributed by atoms with van der Waals surface area (Å²) in [6, 6.07) is 0. The average molecular weight is 471 g/mol. The zero-order chi connectivity index (χ0) is 25.7. The van der Waals surface area contributed by atoms with Gasteiger partial charge in [0.15, 0.2) is 0 Å². The summed E-state index contributed by atoms with van der Waals surface area (Å²) in [5.41, 5.74) is 4.32. The number of hydrogen-bond donors (Lipinski definition) is 2. The highest BCUT2D eigenvalue weighted by Crippen LogP contribution is 2.46. The zero-order valence-electron chi connectivity index (χ0n) is 21.5. The summed E-state index contributed by atoms with van der Waals surface area (Å²) >= 11 is 0. The largest absolute Gasteiger partial charge is 0.481 e. The molecule has 0 bridgehead atoms. The smallest absolute Gasteiger partial charge is 0.307 e. The van der Waals surface area contributed by atoms with Gasteiger partial charge in [0.25, 0.3) is 0 Å². The quantitative estimate of drug-likeness (QED) is 0.123. The number of carbonyl (C=O) groups excluding carboxylic acids is 1. The fourth-order valence-corrected chi connectivity index (χ4v) is 4.74. The third kappa shape index (κ3) is 10.1. The number of carbonyl (C=O) groups is 3. The summed E-state index contributed by atoms with van der Waals surface area (Å²) < 4.78 is 0. The number of unbranched alkanes of at least 4 members (excludes halogenated alkanes) is 3. The molecule has 5 nitrogen and oxygen atoms in total. The van der Waals surface area contributed by atoms with Gasteiger partial charge in [0.2, 0.25) is 0 Å². The van der Waals surface area contributed by atoms with Crippen molar-refractivity contribution < 1.29 is 24.6 Å². The van der Waals surface area contributed by atoms with Crippen LogP contribution >= 0.6 is 0 Å². The van der Waals surface area contributed by atoms with Gasteiger partial charge >= 0.3 is 11.9 Å². The van der Waals surface area contributed by atoms with Crippen molar-refractivity contribution in [2.24, 2.45) is 17.3 Å². The van der Waals surface area contributed by atoms with Crippen LogP contribution in [0.3, 0.4) is 0 Å². The Balaban J connectivity index is 2.97. The van der Waals surface area contributed by atoms with Crippen molar-refractivity contribution in [2.45, 2.75) is 86.0 Å². The lowest BCUT2D eigenvalue weighted by Gasteiger charge is -2.39. The molecule has 0 saturated carbocycles. The molecule has 5 heteroatoms. The van der Waals surface area contributed by atoms with Gasteiger partial charge in [0.05, 0.1) is 5.92 Å². The van der Waals surface area contributed by atoms with Crippen LogP contribution in [0.5, 0.6) is 0 Å². The maximum Gasteiger partial charge on any atom is 0.307 e. The fraction of sp³-hybridized carbons (Fsp3) is 0.552. The predicted molar refractivity (Wildman–Crippen MR) is 138 cm³/mol. The molecular formula is C29H42O5.